The number of aryl methyl sites for hydroxylation is 1. The number of ether oxygens (including phenoxy) is 2. The third kappa shape index (κ3) is 6.31. The molecule has 3 saturated carbocycles. The van der Waals surface area contributed by atoms with Crippen LogP contribution < -0.4 is 5.32 Å². The number of epoxide rings is 1. The van der Waals surface area contributed by atoms with Crippen molar-refractivity contribution in [3.63, 3.8) is 0 Å². The number of hydrogen-bond acceptors (Lipinski definition) is 7. The molecule has 0 unspecified atom stereocenters. The Kier molecular flexibility index (Phi) is 10.2. The molecule has 63 heavy (non-hydrogen) atoms. The highest BCUT2D eigenvalue weighted by atomic mass is 16.6. The fraction of sp³-hybridized carbons (Fsp3) is 0.704. The number of H-pyrrole nitrogens is 1. The lowest BCUT2D eigenvalue weighted by molar-refractivity contribution is -0.242. The minimum absolute atomic E-state index is 0.116. The van der Waals surface area contributed by atoms with Crippen molar-refractivity contribution < 1.29 is 29.3 Å². The smallest absolute Gasteiger partial charge is 0.160 e. The van der Waals surface area contributed by atoms with E-state index in [2.05, 4.69) is 86.9 Å². The molecule has 11 atom stereocenters. The van der Waals surface area contributed by atoms with Crippen molar-refractivity contribution in [2.45, 2.75) is 169 Å². The number of allylic oxidation sites excluding steroid dienone is 1. The molecule has 4 N–H and O–H groups in total. The summed E-state index contributed by atoms with van der Waals surface area (Å²) in [7, 11) is 1.97. The van der Waals surface area contributed by atoms with Gasteiger partial charge in [-0.15, -0.1) is 0 Å². The Labute approximate surface area is 375 Å². The number of aliphatic hydroxyl groups is 2. The number of ketones is 2. The molecule has 0 amide bonds. The molecule has 1 aromatic carbocycles. The summed E-state index contributed by atoms with van der Waals surface area (Å²) in [5.41, 5.74) is 6.21. The van der Waals surface area contributed by atoms with Gasteiger partial charge in [0.15, 0.2) is 5.78 Å². The van der Waals surface area contributed by atoms with Gasteiger partial charge >= 0.3 is 0 Å². The number of aromatic amines is 1. The molecule has 10 rings (SSSR count). The van der Waals surface area contributed by atoms with Gasteiger partial charge in [0.1, 0.15) is 11.9 Å². The second kappa shape index (κ2) is 14.7. The number of nitrogens with one attached hydrogen (secondary N) is 2. The normalized spacial score (nSPS) is 40.2. The average Bonchev–Trinajstić information content (AvgIpc) is 3.52. The first-order chi connectivity index (χ1) is 29.7. The van der Waals surface area contributed by atoms with Crippen LogP contribution in [0.5, 0.6) is 0 Å². The minimum Gasteiger partial charge on any atom is -0.392 e. The zero-order valence-electron chi connectivity index (χ0n) is 39.7. The predicted octanol–water partition coefficient (Wildman–Crippen LogP) is 9.15. The van der Waals surface area contributed by atoms with Crippen molar-refractivity contribution in [3.8, 4) is 0 Å². The molecule has 2 aromatic heterocycles. The molecule has 4 heterocycles. The minimum atomic E-state index is -0.736. The van der Waals surface area contributed by atoms with E-state index in [4.69, 9.17) is 9.47 Å². The van der Waals surface area contributed by atoms with Crippen LogP contribution in [0.4, 0.5) is 0 Å². The molecule has 3 aromatic rings. The molecule has 9 nitrogen and oxygen atoms in total. The largest absolute Gasteiger partial charge is 0.392 e. The number of Topliss-reactive ketones (excluding diaryl/α,β-unsaturated/α-hetero) is 2. The molecular weight excluding hydrogens is 787 g/mol. The summed E-state index contributed by atoms with van der Waals surface area (Å²) in [6.07, 6.45) is 11.7. The van der Waals surface area contributed by atoms with Crippen molar-refractivity contribution in [2.24, 2.45) is 44.3 Å². The quantitative estimate of drug-likeness (QED) is 0.142. The van der Waals surface area contributed by atoms with Gasteiger partial charge in [0.25, 0.3) is 0 Å². The van der Waals surface area contributed by atoms with E-state index in [0.717, 1.165) is 81.3 Å². The lowest BCUT2D eigenvalue weighted by atomic mass is 9.31. The number of rotatable bonds is 11. The zero-order valence-corrected chi connectivity index (χ0v) is 39.7. The van der Waals surface area contributed by atoms with Crippen LogP contribution in [0, 0.1) is 51.2 Å². The van der Waals surface area contributed by atoms with Gasteiger partial charge in [0.2, 0.25) is 0 Å². The Morgan fingerprint density at radius 2 is 1.73 bits per heavy atom. The Hall–Kier alpha value is -3.08. The topological polar surface area (TPSA) is 129 Å². The third-order valence-corrected chi connectivity index (χ3v) is 19.7. The monoisotopic (exact) mass is 862 g/mol. The molecule has 0 spiro atoms. The van der Waals surface area contributed by atoms with Crippen LogP contribution in [0.1, 0.15) is 147 Å². The van der Waals surface area contributed by atoms with Crippen molar-refractivity contribution in [3.05, 3.63) is 70.1 Å². The second-order valence-corrected chi connectivity index (χ2v) is 23.8. The van der Waals surface area contributed by atoms with Crippen LogP contribution in [0.25, 0.3) is 11.0 Å². The van der Waals surface area contributed by atoms with E-state index in [1.807, 2.05) is 27.1 Å². The molecule has 342 valence electrons. The highest BCUT2D eigenvalue weighted by molar-refractivity contribution is 6.02. The average molecular weight is 862 g/mol. The van der Waals surface area contributed by atoms with Gasteiger partial charge in [-0.25, -0.2) is 0 Å². The third-order valence-electron chi connectivity index (χ3n) is 19.7. The van der Waals surface area contributed by atoms with E-state index in [0.29, 0.717) is 50.4 Å². The highest BCUT2D eigenvalue weighted by Crippen LogP contribution is 2.79. The molecule has 2 aliphatic heterocycles. The fourth-order valence-electron chi connectivity index (χ4n) is 16.4. The number of benzene rings is 1. The van der Waals surface area contributed by atoms with E-state index < -0.39 is 33.9 Å². The van der Waals surface area contributed by atoms with Crippen LogP contribution in [0.15, 0.2) is 47.8 Å². The van der Waals surface area contributed by atoms with Crippen LogP contribution in [-0.4, -0.2) is 82.0 Å². The first kappa shape index (κ1) is 43.8. The number of hydrogen-bond donors (Lipinski definition) is 4. The molecule has 2 saturated heterocycles. The number of nitrogens with zero attached hydrogens (tertiary/aromatic N) is 1. The lowest BCUT2D eigenvalue weighted by Crippen LogP contribution is -2.71. The zero-order chi connectivity index (χ0) is 44.7. The molecule has 5 aliphatic carbocycles. The van der Waals surface area contributed by atoms with Crippen LogP contribution in [0.3, 0.4) is 0 Å². The summed E-state index contributed by atoms with van der Waals surface area (Å²) in [6.45, 7) is 20.9. The SMILES string of the molecule is CNCC[C@]1(C)C(=O)CC[C@@]2(C)[C@H]3[C@H](O)[C@@]4(Cn5cc(Cc6cc(C)cc(C7CCOCC7)c6)c6[nH]ccc65)CC[C@@](C)(C[C@@H](O)[C@H]5OC5(C)C)C5=C4[C@](C)(CC5=O)[C@@]3(C)CC[C@H]21. The van der Waals surface area contributed by atoms with Gasteiger partial charge in [0, 0.05) is 73.2 Å². The summed E-state index contributed by atoms with van der Waals surface area (Å²) >= 11 is 0. The van der Waals surface area contributed by atoms with Crippen LogP contribution in [-0.2, 0) is 32.0 Å². The standard InChI is InChI=1S/C54H75N3O6/c1-32-24-33(26-35(25-32)34-13-22-62-23-14-34)27-36-30-57(37-12-20-56-43(36)37)31-54-18-17-49(4,28-39(59)47-48(2,3)63-47)42-38(58)29-53(8,44(42)54)52(7)16-10-40-50(5,19-21-55-9)41(60)11-15-51(40,6)45(52)46(54)61/h12,20,24-26,30,34,39-40,45-47,55-56,59,61H,10-11,13-19,21-23,27-29,31H2,1-9H3/t39-,40+,45-,46+,47-,49+,50+,51-,52+,53+,54-/m1/s1. The van der Waals surface area contributed by atoms with Gasteiger partial charge in [-0.2, -0.15) is 0 Å². The van der Waals surface area contributed by atoms with E-state index in [9.17, 15) is 15.0 Å². The second-order valence-electron chi connectivity index (χ2n) is 23.8. The molecule has 0 radical (unpaired) electrons. The van der Waals surface area contributed by atoms with E-state index in [-0.39, 0.29) is 40.2 Å². The van der Waals surface area contributed by atoms with Crippen LogP contribution >= 0.6 is 0 Å². The Morgan fingerprint density at radius 1 is 0.984 bits per heavy atom. The van der Waals surface area contributed by atoms with Gasteiger partial charge < -0.3 is 34.6 Å². The maximum atomic E-state index is 15.2. The summed E-state index contributed by atoms with van der Waals surface area (Å²) < 4.78 is 14.1. The van der Waals surface area contributed by atoms with Gasteiger partial charge in [0.05, 0.1) is 28.8 Å². The van der Waals surface area contributed by atoms with Crippen molar-refractivity contribution >= 4 is 22.6 Å². The summed E-state index contributed by atoms with van der Waals surface area (Å²) in [6, 6.07) is 9.28. The molecule has 9 heteroatoms. The first-order valence-corrected chi connectivity index (χ1v) is 24.6. The summed E-state index contributed by atoms with van der Waals surface area (Å²) in [5.74, 6) is 1.10. The maximum Gasteiger partial charge on any atom is 0.160 e. The Morgan fingerprint density at radius 3 is 2.44 bits per heavy atom. The van der Waals surface area contributed by atoms with E-state index >= 15 is 4.79 Å². The highest BCUT2D eigenvalue weighted by Gasteiger charge is 2.77. The molecule has 5 fully saturated rings. The van der Waals surface area contributed by atoms with Crippen molar-refractivity contribution in [1.29, 1.82) is 0 Å². The van der Waals surface area contributed by atoms with E-state index in [1.54, 1.807) is 0 Å². The van der Waals surface area contributed by atoms with Gasteiger partial charge in [-0.3, -0.25) is 9.59 Å². The number of aromatic nitrogens is 2. The fourth-order valence-corrected chi connectivity index (χ4v) is 16.4. The van der Waals surface area contributed by atoms with Crippen molar-refractivity contribution in [2.75, 3.05) is 26.8 Å². The number of fused-ring (bicyclic) bond motifs is 5. The van der Waals surface area contributed by atoms with Crippen LogP contribution in [0.2, 0.25) is 0 Å². The molecule has 0 bridgehead atoms. The number of carbonyl (C=O) groups excluding carboxylic acids is 2. The predicted molar refractivity (Wildman–Crippen MR) is 247 cm³/mol. The maximum absolute atomic E-state index is 15.2. The van der Waals surface area contributed by atoms with Gasteiger partial charge in [-0.1, -0.05) is 58.4 Å². The van der Waals surface area contributed by atoms with Crippen molar-refractivity contribution in [1.82, 2.24) is 14.9 Å². The summed E-state index contributed by atoms with van der Waals surface area (Å²) in [5, 5.41) is 29.1. The molecular formula is C54H75N3O6. The van der Waals surface area contributed by atoms with Gasteiger partial charge in [-0.05, 0) is 154 Å². The number of aliphatic hydroxyl groups excluding tert-OH is 2. The lowest BCUT2D eigenvalue weighted by Gasteiger charge is -2.73. The Balaban J connectivity index is 1.11. The summed E-state index contributed by atoms with van der Waals surface area (Å²) in [4.78, 5) is 33.0. The Bertz CT molecular complexity index is 2370. The molecule has 7 aliphatic rings. The number of carbonyl (C=O) groups is 2. The van der Waals surface area contributed by atoms with E-state index in [1.165, 1.54) is 27.8 Å². The first-order valence-electron chi connectivity index (χ1n) is 24.6.